The third-order valence-electron chi connectivity index (χ3n) is 3.90. The molecule has 1 aliphatic heterocycles. The third-order valence-corrected chi connectivity index (χ3v) is 4.69. The molecule has 0 amide bonds. The summed E-state index contributed by atoms with van der Waals surface area (Å²) in [6.07, 6.45) is 0. The fourth-order valence-corrected chi connectivity index (χ4v) is 3.53. The Morgan fingerprint density at radius 3 is 2.58 bits per heavy atom. The molecule has 0 aliphatic carbocycles. The van der Waals surface area contributed by atoms with E-state index in [-0.39, 0.29) is 6.61 Å². The standard InChI is InChI=1S/C19H16Cl2N2O2S/c1-2-25-18(24)15-16(11-6-4-3-5-7-11)22-19(26)23-17(15)13-9-8-12(20)10-14(13)21/h3-10,17H,2H2,1H3,(H2,22,23,26)/t17-/m1/s1. The maximum atomic E-state index is 12.8. The van der Waals surface area contributed by atoms with Crippen LogP contribution in [0.5, 0.6) is 0 Å². The Labute approximate surface area is 167 Å². The molecule has 2 aromatic carbocycles. The van der Waals surface area contributed by atoms with E-state index >= 15 is 0 Å². The fraction of sp³-hybridized carbons (Fsp3) is 0.158. The van der Waals surface area contributed by atoms with Crippen LogP contribution in [0, 0.1) is 0 Å². The molecule has 7 heteroatoms. The number of benzene rings is 2. The van der Waals surface area contributed by atoms with Crippen molar-refractivity contribution in [3.05, 3.63) is 75.3 Å². The van der Waals surface area contributed by atoms with Crippen LogP contribution in [-0.2, 0) is 9.53 Å². The van der Waals surface area contributed by atoms with Gasteiger partial charge in [-0.1, -0.05) is 59.6 Å². The highest BCUT2D eigenvalue weighted by molar-refractivity contribution is 7.80. The van der Waals surface area contributed by atoms with Crippen LogP contribution in [0.2, 0.25) is 10.0 Å². The van der Waals surface area contributed by atoms with Gasteiger partial charge in [-0.3, -0.25) is 0 Å². The van der Waals surface area contributed by atoms with Gasteiger partial charge in [0.1, 0.15) is 0 Å². The molecule has 0 unspecified atom stereocenters. The first-order valence-electron chi connectivity index (χ1n) is 8.00. The van der Waals surface area contributed by atoms with Crippen LogP contribution in [0.4, 0.5) is 0 Å². The summed E-state index contributed by atoms with van der Waals surface area (Å²) in [5.74, 6) is -0.440. The predicted molar refractivity (Wildman–Crippen MR) is 108 cm³/mol. The number of halogens is 2. The van der Waals surface area contributed by atoms with Gasteiger partial charge >= 0.3 is 5.97 Å². The molecule has 0 radical (unpaired) electrons. The Hall–Kier alpha value is -2.08. The number of hydrogen-bond acceptors (Lipinski definition) is 3. The fourth-order valence-electron chi connectivity index (χ4n) is 2.79. The minimum atomic E-state index is -0.553. The second-order valence-corrected chi connectivity index (χ2v) is 6.82. The number of esters is 1. The molecule has 1 aliphatic rings. The van der Waals surface area contributed by atoms with E-state index in [1.807, 2.05) is 30.3 Å². The quantitative estimate of drug-likeness (QED) is 0.578. The maximum absolute atomic E-state index is 12.8. The molecule has 0 aromatic heterocycles. The van der Waals surface area contributed by atoms with Crippen LogP contribution in [0.25, 0.3) is 5.70 Å². The average molecular weight is 407 g/mol. The van der Waals surface area contributed by atoms with Gasteiger partial charge in [-0.25, -0.2) is 4.79 Å². The van der Waals surface area contributed by atoms with E-state index in [2.05, 4.69) is 10.6 Å². The molecule has 1 atom stereocenters. The first kappa shape index (κ1) is 18.7. The van der Waals surface area contributed by atoms with Crippen molar-refractivity contribution in [1.82, 2.24) is 10.6 Å². The van der Waals surface area contributed by atoms with Gasteiger partial charge in [0.25, 0.3) is 0 Å². The van der Waals surface area contributed by atoms with Crippen LogP contribution in [0.15, 0.2) is 54.1 Å². The van der Waals surface area contributed by atoms with Crippen LogP contribution in [-0.4, -0.2) is 17.7 Å². The molecule has 4 nitrogen and oxygen atoms in total. The molecule has 0 fully saturated rings. The van der Waals surface area contributed by atoms with Gasteiger partial charge < -0.3 is 15.4 Å². The summed E-state index contributed by atoms with van der Waals surface area (Å²) in [5, 5.41) is 7.55. The zero-order valence-electron chi connectivity index (χ0n) is 13.9. The molecule has 134 valence electrons. The Bertz CT molecular complexity index is 884. The Morgan fingerprint density at radius 2 is 1.92 bits per heavy atom. The highest BCUT2D eigenvalue weighted by Crippen LogP contribution is 2.36. The number of carbonyl (C=O) groups excluding carboxylic acids is 1. The Morgan fingerprint density at radius 1 is 1.19 bits per heavy atom. The zero-order valence-corrected chi connectivity index (χ0v) is 16.2. The van der Waals surface area contributed by atoms with E-state index in [1.54, 1.807) is 25.1 Å². The molecule has 0 saturated carbocycles. The highest BCUT2D eigenvalue weighted by Gasteiger charge is 2.34. The lowest BCUT2D eigenvalue weighted by Crippen LogP contribution is -2.45. The van der Waals surface area contributed by atoms with Crippen molar-refractivity contribution in [2.24, 2.45) is 0 Å². The molecule has 2 N–H and O–H groups in total. The summed E-state index contributed by atoms with van der Waals surface area (Å²) < 4.78 is 5.29. The van der Waals surface area contributed by atoms with E-state index in [4.69, 9.17) is 40.2 Å². The lowest BCUT2D eigenvalue weighted by molar-refractivity contribution is -0.138. The number of thiocarbonyl (C=S) groups is 1. The molecule has 0 spiro atoms. The van der Waals surface area contributed by atoms with Crippen LogP contribution >= 0.6 is 35.4 Å². The monoisotopic (exact) mass is 406 g/mol. The first-order valence-corrected chi connectivity index (χ1v) is 9.17. The normalized spacial score (nSPS) is 16.7. The van der Waals surface area contributed by atoms with Crippen LogP contribution in [0.3, 0.4) is 0 Å². The Kier molecular flexibility index (Phi) is 5.81. The van der Waals surface area contributed by atoms with Crippen molar-refractivity contribution in [3.63, 3.8) is 0 Å². The summed E-state index contributed by atoms with van der Waals surface area (Å²) in [7, 11) is 0. The number of carbonyl (C=O) groups is 1. The lowest BCUT2D eigenvalue weighted by Gasteiger charge is -2.31. The van der Waals surface area contributed by atoms with Gasteiger partial charge in [-0.2, -0.15) is 0 Å². The number of hydrogen-bond donors (Lipinski definition) is 2. The minimum Gasteiger partial charge on any atom is -0.463 e. The molecule has 0 saturated heterocycles. The number of nitrogens with one attached hydrogen (secondary N) is 2. The van der Waals surface area contributed by atoms with Crippen molar-refractivity contribution in [2.45, 2.75) is 13.0 Å². The van der Waals surface area contributed by atoms with Gasteiger partial charge in [0.2, 0.25) is 0 Å². The average Bonchev–Trinajstić information content (AvgIpc) is 2.62. The molecule has 3 rings (SSSR count). The molecule has 2 aromatic rings. The molecular formula is C19H16Cl2N2O2S. The summed E-state index contributed by atoms with van der Waals surface area (Å²) in [6, 6.07) is 14.1. The summed E-state index contributed by atoms with van der Waals surface area (Å²) in [6.45, 7) is 2.02. The summed E-state index contributed by atoms with van der Waals surface area (Å²) in [4.78, 5) is 12.8. The lowest BCUT2D eigenvalue weighted by atomic mass is 9.92. The van der Waals surface area contributed by atoms with E-state index in [0.717, 1.165) is 5.56 Å². The minimum absolute atomic E-state index is 0.260. The summed E-state index contributed by atoms with van der Waals surface area (Å²) in [5.41, 5.74) is 2.53. The second-order valence-electron chi connectivity index (χ2n) is 5.57. The first-order chi connectivity index (χ1) is 12.5. The van der Waals surface area contributed by atoms with E-state index in [1.165, 1.54) is 0 Å². The van der Waals surface area contributed by atoms with Crippen molar-refractivity contribution in [3.8, 4) is 0 Å². The molecule has 1 heterocycles. The maximum Gasteiger partial charge on any atom is 0.338 e. The van der Waals surface area contributed by atoms with Gasteiger partial charge in [-0.15, -0.1) is 0 Å². The predicted octanol–water partition coefficient (Wildman–Crippen LogP) is 4.49. The number of ether oxygens (including phenoxy) is 1. The molecule has 26 heavy (non-hydrogen) atoms. The third kappa shape index (κ3) is 3.85. The zero-order chi connectivity index (χ0) is 18.7. The van der Waals surface area contributed by atoms with Crippen LogP contribution in [0.1, 0.15) is 24.1 Å². The number of rotatable bonds is 4. The van der Waals surface area contributed by atoms with Crippen molar-refractivity contribution < 1.29 is 9.53 Å². The van der Waals surface area contributed by atoms with Gasteiger partial charge in [0, 0.05) is 10.0 Å². The summed E-state index contributed by atoms with van der Waals surface area (Å²) >= 11 is 17.8. The van der Waals surface area contributed by atoms with Crippen molar-refractivity contribution in [1.29, 1.82) is 0 Å². The largest absolute Gasteiger partial charge is 0.463 e. The SMILES string of the molecule is CCOC(=O)C1=C(c2ccccc2)NC(=S)N[C@@H]1c1ccc(Cl)cc1Cl. The van der Waals surface area contributed by atoms with Crippen molar-refractivity contribution >= 4 is 52.2 Å². The van der Waals surface area contributed by atoms with Gasteiger partial charge in [0.05, 0.1) is 23.9 Å². The van der Waals surface area contributed by atoms with Crippen LogP contribution < -0.4 is 10.6 Å². The topological polar surface area (TPSA) is 50.4 Å². The molecule has 0 bridgehead atoms. The van der Waals surface area contributed by atoms with Gasteiger partial charge in [-0.05, 0) is 42.4 Å². The van der Waals surface area contributed by atoms with E-state index < -0.39 is 12.0 Å². The molecular weight excluding hydrogens is 391 g/mol. The van der Waals surface area contributed by atoms with E-state index in [0.29, 0.717) is 32.0 Å². The highest BCUT2D eigenvalue weighted by atomic mass is 35.5. The smallest absolute Gasteiger partial charge is 0.338 e. The van der Waals surface area contributed by atoms with Gasteiger partial charge in [0.15, 0.2) is 5.11 Å². The Balaban J connectivity index is 2.20. The van der Waals surface area contributed by atoms with Crippen molar-refractivity contribution in [2.75, 3.05) is 6.61 Å². The van der Waals surface area contributed by atoms with E-state index in [9.17, 15) is 4.79 Å². The second kappa shape index (κ2) is 8.08.